The number of hydrogen-bond acceptors (Lipinski definition) is 7. The molecule has 0 saturated carbocycles. The van der Waals surface area contributed by atoms with Crippen molar-refractivity contribution >= 4 is 35.5 Å². The molecule has 0 bridgehead atoms. The first-order chi connectivity index (χ1) is 24.0. The van der Waals surface area contributed by atoms with Crippen LogP contribution in [0.3, 0.4) is 0 Å². The maximum absolute atomic E-state index is 9.55. The molecule has 1 unspecified atom stereocenters. The molecule has 11 nitrogen and oxygen atoms in total. The van der Waals surface area contributed by atoms with Crippen LogP contribution in [0.1, 0.15) is 49.1 Å². The van der Waals surface area contributed by atoms with E-state index in [0.717, 1.165) is 50.8 Å². The van der Waals surface area contributed by atoms with Crippen LogP contribution in [0.5, 0.6) is 0 Å². The third-order valence-electron chi connectivity index (χ3n) is 7.94. The van der Waals surface area contributed by atoms with E-state index in [2.05, 4.69) is 109 Å². The van der Waals surface area contributed by atoms with Crippen LogP contribution in [0.15, 0.2) is 103 Å². The predicted octanol–water partition coefficient (Wildman–Crippen LogP) is 5.90. The van der Waals surface area contributed by atoms with Crippen molar-refractivity contribution in [3.63, 3.8) is 0 Å². The normalized spacial score (nSPS) is 14.3. The first-order valence-corrected chi connectivity index (χ1v) is 16.8. The van der Waals surface area contributed by atoms with Gasteiger partial charge in [0.05, 0.1) is 6.04 Å². The summed E-state index contributed by atoms with van der Waals surface area (Å²) < 4.78 is 0. The maximum Gasteiger partial charge on any atom is 0.328 e. The lowest BCUT2D eigenvalue weighted by Crippen LogP contribution is -2.48. The first-order valence-electron chi connectivity index (χ1n) is 16.4. The van der Waals surface area contributed by atoms with E-state index in [9.17, 15) is 19.2 Å². The zero-order valence-corrected chi connectivity index (χ0v) is 30.2. The van der Waals surface area contributed by atoms with Crippen molar-refractivity contribution in [2.24, 2.45) is 0 Å². The molecule has 1 aliphatic rings. The van der Waals surface area contributed by atoms with Crippen molar-refractivity contribution in [1.29, 1.82) is 0 Å². The van der Waals surface area contributed by atoms with Gasteiger partial charge < -0.3 is 20.4 Å². The van der Waals surface area contributed by atoms with Crippen LogP contribution in [-0.2, 0) is 31.1 Å². The molecule has 1 fully saturated rings. The summed E-state index contributed by atoms with van der Waals surface area (Å²) >= 11 is 6.17. The Morgan fingerprint density at radius 2 is 1.12 bits per heavy atom. The van der Waals surface area contributed by atoms with Crippen molar-refractivity contribution in [3.05, 3.63) is 130 Å². The number of aliphatic carboxylic acids is 4. The summed E-state index contributed by atoms with van der Waals surface area (Å²) in [7, 11) is 2.24. The fraction of sp³-hybridized carbons (Fsp3) is 0.333. The van der Waals surface area contributed by atoms with Crippen molar-refractivity contribution in [2.45, 2.75) is 38.8 Å². The Bertz CT molecular complexity index is 1530. The van der Waals surface area contributed by atoms with Crippen LogP contribution < -0.4 is 0 Å². The van der Waals surface area contributed by atoms with E-state index in [0.29, 0.717) is 24.3 Å². The molecule has 4 rings (SSSR count). The Hall–Kier alpha value is -4.81. The molecule has 0 aromatic heterocycles. The third kappa shape index (κ3) is 17.1. The van der Waals surface area contributed by atoms with Gasteiger partial charge >= 0.3 is 23.9 Å². The molecule has 0 aliphatic carbocycles. The van der Waals surface area contributed by atoms with Gasteiger partial charge in [0.25, 0.3) is 0 Å². The predicted molar refractivity (Wildman–Crippen MR) is 198 cm³/mol. The van der Waals surface area contributed by atoms with Crippen LogP contribution >= 0.6 is 11.6 Å². The molecule has 3 aromatic rings. The highest BCUT2D eigenvalue weighted by molar-refractivity contribution is 6.30. The van der Waals surface area contributed by atoms with Crippen LogP contribution in [0.4, 0.5) is 0 Å². The summed E-state index contributed by atoms with van der Waals surface area (Å²) in [6.45, 7) is 14.5. The number of nitrogens with zero attached hydrogens (tertiary/aromatic N) is 3. The second-order valence-electron chi connectivity index (χ2n) is 12.9. The van der Waals surface area contributed by atoms with Gasteiger partial charge in [0.1, 0.15) is 0 Å². The first kappa shape index (κ1) is 42.4. The number of halogens is 1. The van der Waals surface area contributed by atoms with E-state index in [1.54, 1.807) is 0 Å². The number of carboxylic acid groups (broad SMARTS) is 4. The number of benzene rings is 3. The van der Waals surface area contributed by atoms with Crippen molar-refractivity contribution in [1.82, 2.24) is 14.7 Å². The summed E-state index contributed by atoms with van der Waals surface area (Å²) in [5.41, 5.74) is 5.64. The highest BCUT2D eigenvalue weighted by atomic mass is 35.5. The molecule has 3 aromatic carbocycles. The second kappa shape index (κ2) is 21.4. The average molecular weight is 722 g/mol. The van der Waals surface area contributed by atoms with E-state index in [-0.39, 0.29) is 11.5 Å². The number of carbonyl (C=O) groups is 4. The summed E-state index contributed by atoms with van der Waals surface area (Å²) in [5.74, 6) is -5.03. The van der Waals surface area contributed by atoms with E-state index in [4.69, 9.17) is 32.0 Å². The smallest absolute Gasteiger partial charge is 0.328 e. The lowest BCUT2D eigenvalue weighted by molar-refractivity contribution is -0.134. The summed E-state index contributed by atoms with van der Waals surface area (Å²) in [5, 5.41) is 32.0. The Labute approximate surface area is 304 Å². The minimum Gasteiger partial charge on any atom is -0.478 e. The molecule has 1 saturated heterocycles. The minimum absolute atomic E-state index is 0.213. The Morgan fingerprint density at radius 3 is 1.55 bits per heavy atom. The molecular weight excluding hydrogens is 674 g/mol. The van der Waals surface area contributed by atoms with Gasteiger partial charge in [-0.25, -0.2) is 19.2 Å². The fourth-order valence-corrected chi connectivity index (χ4v) is 5.36. The summed E-state index contributed by atoms with van der Waals surface area (Å²) in [6, 6.07) is 28.5. The molecule has 12 heteroatoms. The molecular formula is C39H48ClN3O8. The minimum atomic E-state index is -1.26. The van der Waals surface area contributed by atoms with E-state index >= 15 is 0 Å². The number of likely N-dealkylation sites (N-methyl/N-ethyl adjacent to an activating group) is 1. The van der Waals surface area contributed by atoms with Crippen molar-refractivity contribution < 1.29 is 39.6 Å². The van der Waals surface area contributed by atoms with Crippen molar-refractivity contribution in [2.75, 3.05) is 46.3 Å². The fourth-order valence-electron chi connectivity index (χ4n) is 5.23. The van der Waals surface area contributed by atoms with Gasteiger partial charge in [-0.3, -0.25) is 14.7 Å². The number of hydrogen-bond donors (Lipinski definition) is 4. The summed E-state index contributed by atoms with van der Waals surface area (Å²) in [4.78, 5) is 45.9. The molecule has 0 spiro atoms. The van der Waals surface area contributed by atoms with Crippen LogP contribution in [0.25, 0.3) is 0 Å². The zero-order chi connectivity index (χ0) is 38.0. The van der Waals surface area contributed by atoms with Gasteiger partial charge in [0, 0.05) is 75.1 Å². The van der Waals surface area contributed by atoms with Gasteiger partial charge in [-0.05, 0) is 46.8 Å². The molecule has 1 aliphatic heterocycles. The average Bonchev–Trinajstić information content (AvgIpc) is 3.08. The monoisotopic (exact) mass is 721 g/mol. The number of rotatable bonds is 12. The van der Waals surface area contributed by atoms with E-state index in [1.165, 1.54) is 22.3 Å². The third-order valence-corrected chi connectivity index (χ3v) is 8.19. The maximum atomic E-state index is 9.55. The molecule has 51 heavy (non-hydrogen) atoms. The van der Waals surface area contributed by atoms with E-state index < -0.39 is 23.9 Å². The topological polar surface area (TPSA) is 159 Å². The van der Waals surface area contributed by atoms with Crippen molar-refractivity contribution in [3.8, 4) is 0 Å². The van der Waals surface area contributed by atoms with Gasteiger partial charge in [0.15, 0.2) is 0 Å². The van der Waals surface area contributed by atoms with E-state index in [1.807, 2.05) is 12.1 Å². The SMILES string of the molecule is CN(CCN1CCN(Cc2ccc(C(C)(C)C)cc2)CC1)C(c1ccccc1)c1ccc(Cl)cc1.O=C(O)/C=C\C(=O)O.O=C(O)/C=C\C(=O)O. The Balaban J connectivity index is 0.000000468. The van der Waals surface area contributed by atoms with Crippen LogP contribution in [-0.4, -0.2) is 105 Å². The molecule has 1 atom stereocenters. The molecule has 4 N–H and O–H groups in total. The second-order valence-corrected chi connectivity index (χ2v) is 13.4. The van der Waals surface area contributed by atoms with Gasteiger partial charge in [-0.15, -0.1) is 0 Å². The highest BCUT2D eigenvalue weighted by Gasteiger charge is 2.22. The lowest BCUT2D eigenvalue weighted by atomic mass is 9.87. The standard InChI is InChI=1S/C31H40ClN3.2C4H4O4/c1-31(2,3)28-14-10-25(11-15-28)24-35-22-20-34(21-23-35)19-18-33(4)30(26-8-6-5-7-9-26)27-12-16-29(32)17-13-27;2*5-3(6)1-2-4(7)8/h5-17,30H,18-24H2,1-4H3;2*1-2H,(H,5,6)(H,7,8)/b;2*2-1-. The lowest BCUT2D eigenvalue weighted by Gasteiger charge is -2.37. The Kier molecular flexibility index (Phi) is 17.8. The Morgan fingerprint density at radius 1 is 0.686 bits per heavy atom. The van der Waals surface area contributed by atoms with Gasteiger partial charge in [-0.1, -0.05) is 99.1 Å². The molecule has 274 valence electrons. The number of carboxylic acids is 4. The van der Waals surface area contributed by atoms with Crippen LogP contribution in [0, 0.1) is 0 Å². The zero-order valence-electron chi connectivity index (χ0n) is 29.5. The summed E-state index contributed by atoms with van der Waals surface area (Å²) in [6.07, 6.45) is 2.23. The molecule has 1 heterocycles. The largest absolute Gasteiger partial charge is 0.478 e. The van der Waals surface area contributed by atoms with Gasteiger partial charge in [0.2, 0.25) is 0 Å². The highest BCUT2D eigenvalue weighted by Crippen LogP contribution is 2.28. The quantitative estimate of drug-likeness (QED) is 0.165. The number of piperazine rings is 1. The van der Waals surface area contributed by atoms with Crippen LogP contribution in [0.2, 0.25) is 5.02 Å². The molecule has 0 amide bonds. The van der Waals surface area contributed by atoms with Gasteiger partial charge in [-0.2, -0.15) is 0 Å². The molecule has 0 radical (unpaired) electrons.